The van der Waals surface area contributed by atoms with Gasteiger partial charge in [-0.1, -0.05) is 30.3 Å². The Kier molecular flexibility index (Phi) is 7.31. The highest BCUT2D eigenvalue weighted by Gasteiger charge is 2.26. The van der Waals surface area contributed by atoms with Gasteiger partial charge in [-0.25, -0.2) is 4.79 Å². The molecule has 1 N–H and O–H groups in total. The Morgan fingerprint density at radius 2 is 1.68 bits per heavy atom. The summed E-state index contributed by atoms with van der Waals surface area (Å²) in [7, 11) is 1.92. The molecule has 2 aliphatic heterocycles. The molecule has 0 aliphatic carbocycles. The minimum Gasteiger partial charge on any atom is -0.343 e. The highest BCUT2D eigenvalue weighted by atomic mass is 16.2. The largest absolute Gasteiger partial charge is 0.343 e. The van der Waals surface area contributed by atoms with Crippen molar-refractivity contribution in [1.82, 2.24) is 20.0 Å². The molecule has 2 aliphatic rings. The highest BCUT2D eigenvalue weighted by molar-refractivity contribution is 5.74. The number of piperidine rings is 2. The summed E-state index contributed by atoms with van der Waals surface area (Å²) in [6, 6.07) is 10.9. The predicted molar refractivity (Wildman–Crippen MR) is 111 cm³/mol. The van der Waals surface area contributed by atoms with E-state index in [0.29, 0.717) is 18.5 Å². The van der Waals surface area contributed by atoms with Gasteiger partial charge in [0.25, 0.3) is 0 Å². The van der Waals surface area contributed by atoms with Gasteiger partial charge < -0.3 is 15.1 Å². The van der Waals surface area contributed by atoms with Crippen molar-refractivity contribution in [2.75, 3.05) is 39.8 Å². The Morgan fingerprint density at radius 1 is 1.04 bits per heavy atom. The van der Waals surface area contributed by atoms with Crippen LogP contribution in [0.15, 0.2) is 30.3 Å². The number of carbonyl (C=O) groups is 2. The lowest BCUT2D eigenvalue weighted by Gasteiger charge is -2.37. The van der Waals surface area contributed by atoms with Gasteiger partial charge in [-0.15, -0.1) is 0 Å². The van der Waals surface area contributed by atoms with Crippen LogP contribution in [0.5, 0.6) is 0 Å². The molecule has 0 aromatic heterocycles. The second-order valence-electron chi connectivity index (χ2n) is 8.24. The van der Waals surface area contributed by atoms with Gasteiger partial charge in [0, 0.05) is 59.3 Å². The van der Waals surface area contributed by atoms with Crippen molar-refractivity contribution in [2.24, 2.45) is 5.92 Å². The molecule has 2 fully saturated rings. The maximum absolute atomic E-state index is 12.6. The highest BCUT2D eigenvalue weighted by Crippen LogP contribution is 2.19. The first kappa shape index (κ1) is 20.6. The standard InChI is InChI=1S/C22H34N4O2/c1-18(27)26-14-8-19(9-15-26)16-23-22(28)24(2)21-10-12-25(13-11-21)17-20-6-4-3-5-7-20/h3-7,19,21H,8-17H2,1-2H3,(H,23,28). The molecule has 0 unspecified atom stereocenters. The van der Waals surface area contributed by atoms with Gasteiger partial charge in [0.15, 0.2) is 0 Å². The summed E-state index contributed by atoms with van der Waals surface area (Å²) in [6.07, 6.45) is 3.99. The molecule has 0 radical (unpaired) electrons. The van der Waals surface area contributed by atoms with E-state index < -0.39 is 0 Å². The van der Waals surface area contributed by atoms with E-state index in [1.54, 1.807) is 6.92 Å². The van der Waals surface area contributed by atoms with E-state index in [1.807, 2.05) is 16.8 Å². The van der Waals surface area contributed by atoms with Crippen molar-refractivity contribution >= 4 is 11.9 Å². The molecular weight excluding hydrogens is 352 g/mol. The lowest BCUT2D eigenvalue weighted by molar-refractivity contribution is -0.130. The topological polar surface area (TPSA) is 55.9 Å². The van der Waals surface area contributed by atoms with Crippen LogP contribution < -0.4 is 5.32 Å². The molecule has 2 heterocycles. The van der Waals surface area contributed by atoms with Crippen LogP contribution in [0.2, 0.25) is 0 Å². The molecule has 0 saturated carbocycles. The zero-order chi connectivity index (χ0) is 19.9. The summed E-state index contributed by atoms with van der Waals surface area (Å²) >= 11 is 0. The third-order valence-corrected chi connectivity index (χ3v) is 6.28. The van der Waals surface area contributed by atoms with Crippen molar-refractivity contribution in [3.05, 3.63) is 35.9 Å². The molecule has 154 valence electrons. The number of nitrogens with one attached hydrogen (secondary N) is 1. The SMILES string of the molecule is CC(=O)N1CCC(CNC(=O)N(C)C2CCN(Cc3ccccc3)CC2)CC1. The minimum atomic E-state index is 0.0375. The van der Waals surface area contributed by atoms with Gasteiger partial charge in [0.05, 0.1) is 0 Å². The van der Waals surface area contributed by atoms with Crippen LogP contribution in [0.1, 0.15) is 38.2 Å². The summed E-state index contributed by atoms with van der Waals surface area (Å²) in [6.45, 7) is 7.00. The Balaban J connectivity index is 1.36. The van der Waals surface area contributed by atoms with Crippen molar-refractivity contribution in [2.45, 2.75) is 45.2 Å². The zero-order valence-corrected chi connectivity index (χ0v) is 17.3. The molecular formula is C22H34N4O2. The van der Waals surface area contributed by atoms with Gasteiger partial charge in [-0.05, 0) is 37.2 Å². The van der Waals surface area contributed by atoms with Gasteiger partial charge >= 0.3 is 6.03 Å². The maximum atomic E-state index is 12.6. The number of amides is 3. The molecule has 3 rings (SSSR count). The average Bonchev–Trinajstić information content (AvgIpc) is 2.73. The van der Waals surface area contributed by atoms with E-state index in [2.05, 4.69) is 40.5 Å². The van der Waals surface area contributed by atoms with E-state index in [1.165, 1.54) is 5.56 Å². The van der Waals surface area contributed by atoms with E-state index in [4.69, 9.17) is 0 Å². The number of benzene rings is 1. The normalized spacial score (nSPS) is 19.4. The summed E-state index contributed by atoms with van der Waals surface area (Å²) < 4.78 is 0. The summed E-state index contributed by atoms with van der Waals surface area (Å²) in [5.74, 6) is 0.626. The van der Waals surface area contributed by atoms with E-state index in [9.17, 15) is 9.59 Å². The van der Waals surface area contributed by atoms with Crippen molar-refractivity contribution in [3.8, 4) is 0 Å². The maximum Gasteiger partial charge on any atom is 0.317 e. The number of carbonyl (C=O) groups excluding carboxylic acids is 2. The minimum absolute atomic E-state index is 0.0375. The lowest BCUT2D eigenvalue weighted by Crippen LogP contribution is -2.50. The van der Waals surface area contributed by atoms with E-state index in [0.717, 1.165) is 58.4 Å². The van der Waals surface area contributed by atoms with E-state index in [-0.39, 0.29) is 11.9 Å². The van der Waals surface area contributed by atoms with Crippen LogP contribution in [0.3, 0.4) is 0 Å². The summed E-state index contributed by atoms with van der Waals surface area (Å²) in [5.41, 5.74) is 1.35. The predicted octanol–water partition coefficient (Wildman–Crippen LogP) is 2.55. The molecule has 1 aromatic rings. The number of likely N-dealkylation sites (tertiary alicyclic amines) is 2. The molecule has 6 nitrogen and oxygen atoms in total. The number of rotatable bonds is 5. The molecule has 0 bridgehead atoms. The zero-order valence-electron chi connectivity index (χ0n) is 17.3. The van der Waals surface area contributed by atoms with Gasteiger partial charge in [0.2, 0.25) is 5.91 Å². The quantitative estimate of drug-likeness (QED) is 0.846. The fourth-order valence-electron chi connectivity index (χ4n) is 4.28. The van der Waals surface area contributed by atoms with Gasteiger partial charge in [0.1, 0.15) is 0 Å². The van der Waals surface area contributed by atoms with Crippen LogP contribution in [0, 0.1) is 5.92 Å². The summed E-state index contributed by atoms with van der Waals surface area (Å²) in [5, 5.41) is 3.11. The molecule has 3 amide bonds. The number of nitrogens with zero attached hydrogens (tertiary/aromatic N) is 3. The molecule has 1 aromatic carbocycles. The monoisotopic (exact) mass is 386 g/mol. The molecule has 2 saturated heterocycles. The molecule has 6 heteroatoms. The number of hydrogen-bond donors (Lipinski definition) is 1. The second-order valence-corrected chi connectivity index (χ2v) is 8.24. The molecule has 28 heavy (non-hydrogen) atoms. The first-order valence-electron chi connectivity index (χ1n) is 10.6. The van der Waals surface area contributed by atoms with Crippen LogP contribution in [-0.4, -0.2) is 72.5 Å². The Bertz CT molecular complexity index is 635. The van der Waals surface area contributed by atoms with Crippen LogP contribution >= 0.6 is 0 Å². The molecule has 0 atom stereocenters. The number of urea groups is 1. The van der Waals surface area contributed by atoms with Crippen LogP contribution in [0.25, 0.3) is 0 Å². The fourth-order valence-corrected chi connectivity index (χ4v) is 4.28. The molecule has 0 spiro atoms. The van der Waals surface area contributed by atoms with Crippen molar-refractivity contribution < 1.29 is 9.59 Å². The van der Waals surface area contributed by atoms with Gasteiger partial charge in [-0.2, -0.15) is 0 Å². The van der Waals surface area contributed by atoms with E-state index >= 15 is 0 Å². The third-order valence-electron chi connectivity index (χ3n) is 6.28. The Labute approximate surface area is 168 Å². The fraction of sp³-hybridized carbons (Fsp3) is 0.636. The average molecular weight is 387 g/mol. The van der Waals surface area contributed by atoms with Gasteiger partial charge in [-0.3, -0.25) is 9.69 Å². The van der Waals surface area contributed by atoms with Crippen LogP contribution in [-0.2, 0) is 11.3 Å². The smallest absolute Gasteiger partial charge is 0.317 e. The third kappa shape index (κ3) is 5.71. The Hall–Kier alpha value is -2.08. The Morgan fingerprint density at radius 3 is 2.29 bits per heavy atom. The first-order valence-corrected chi connectivity index (χ1v) is 10.6. The first-order chi connectivity index (χ1) is 13.5. The van der Waals surface area contributed by atoms with Crippen molar-refractivity contribution in [3.63, 3.8) is 0 Å². The second kappa shape index (κ2) is 9.92. The summed E-state index contributed by atoms with van der Waals surface area (Å²) in [4.78, 5) is 30.2. The lowest BCUT2D eigenvalue weighted by atomic mass is 9.97. The van der Waals surface area contributed by atoms with Crippen molar-refractivity contribution in [1.29, 1.82) is 0 Å². The van der Waals surface area contributed by atoms with Crippen LogP contribution in [0.4, 0.5) is 4.79 Å². The number of hydrogen-bond acceptors (Lipinski definition) is 3.